The summed E-state index contributed by atoms with van der Waals surface area (Å²) in [5, 5.41) is 3.15. The van der Waals surface area contributed by atoms with Crippen LogP contribution in [0.3, 0.4) is 0 Å². The molecule has 3 aromatic rings. The molecule has 158 valence electrons. The van der Waals surface area contributed by atoms with Crippen molar-refractivity contribution in [2.45, 2.75) is 18.7 Å². The summed E-state index contributed by atoms with van der Waals surface area (Å²) in [5.41, 5.74) is 1.80. The summed E-state index contributed by atoms with van der Waals surface area (Å²) in [6.07, 6.45) is 0. The van der Waals surface area contributed by atoms with Crippen molar-refractivity contribution in [1.29, 1.82) is 0 Å². The Morgan fingerprint density at radius 1 is 1.13 bits per heavy atom. The average Bonchev–Trinajstić information content (AvgIpc) is 3.04. The maximum atomic E-state index is 12.8. The fourth-order valence-electron chi connectivity index (χ4n) is 3.13. The molecule has 0 spiro atoms. The van der Waals surface area contributed by atoms with E-state index in [1.165, 1.54) is 32.3 Å². The molecule has 0 radical (unpaired) electrons. The fraction of sp³-hybridized carbons (Fsp3) is 0.238. The van der Waals surface area contributed by atoms with Crippen LogP contribution in [-0.4, -0.2) is 50.1 Å². The topological polar surface area (TPSA) is 109 Å². The van der Waals surface area contributed by atoms with Gasteiger partial charge in [0, 0.05) is 36.4 Å². The number of aromatic nitrogens is 1. The SMILES string of the molecule is CCOc1ccc(NC(=O)C(=O)c2c(C)[nH]c3ccccc23)cc1S(=O)(=O)N(C)C. The first-order valence-corrected chi connectivity index (χ1v) is 10.7. The van der Waals surface area contributed by atoms with Crippen LogP contribution >= 0.6 is 0 Å². The standard InChI is InChI=1S/C21H23N3O5S/c1-5-29-17-11-10-14(12-18(17)30(27,28)24(3)4)23-21(26)20(25)19-13(2)22-16-9-7-6-8-15(16)19/h6-12,22H,5H2,1-4H3,(H,23,26). The number of rotatable bonds is 7. The van der Waals surface area contributed by atoms with Crippen molar-refractivity contribution in [2.24, 2.45) is 0 Å². The molecule has 2 aromatic carbocycles. The second kappa shape index (κ2) is 8.29. The molecule has 0 saturated carbocycles. The summed E-state index contributed by atoms with van der Waals surface area (Å²) in [4.78, 5) is 28.5. The number of anilines is 1. The van der Waals surface area contributed by atoms with E-state index in [0.717, 1.165) is 9.82 Å². The largest absolute Gasteiger partial charge is 0.492 e. The number of Topliss-reactive ketones (excluding diaryl/α,β-unsaturated/α-hetero) is 1. The number of aryl methyl sites for hydroxylation is 1. The van der Waals surface area contributed by atoms with Crippen molar-refractivity contribution >= 4 is 38.3 Å². The minimum atomic E-state index is -3.82. The van der Waals surface area contributed by atoms with Crippen LogP contribution in [0.4, 0.5) is 5.69 Å². The van der Waals surface area contributed by atoms with Crippen LogP contribution in [0, 0.1) is 6.92 Å². The normalized spacial score (nSPS) is 11.6. The summed E-state index contributed by atoms with van der Waals surface area (Å²) < 4.78 is 31.7. The number of amides is 1. The van der Waals surface area contributed by atoms with Gasteiger partial charge in [-0.2, -0.15) is 0 Å². The number of carbonyl (C=O) groups is 2. The van der Waals surface area contributed by atoms with Crippen LogP contribution in [0.25, 0.3) is 10.9 Å². The molecule has 0 aliphatic heterocycles. The third-order valence-corrected chi connectivity index (χ3v) is 6.42. The van der Waals surface area contributed by atoms with Crippen molar-refractivity contribution in [1.82, 2.24) is 9.29 Å². The predicted octanol–water partition coefficient (Wildman–Crippen LogP) is 2.95. The average molecular weight is 429 g/mol. The van der Waals surface area contributed by atoms with Crippen molar-refractivity contribution in [3.8, 4) is 5.75 Å². The highest BCUT2D eigenvalue weighted by Crippen LogP contribution is 2.29. The number of sulfonamides is 1. The Balaban J connectivity index is 1.95. The van der Waals surface area contributed by atoms with Crippen LogP contribution < -0.4 is 10.1 Å². The molecule has 1 heterocycles. The second-order valence-corrected chi connectivity index (χ2v) is 8.96. The molecule has 3 rings (SSSR count). The van der Waals surface area contributed by atoms with Crippen LogP contribution in [0.15, 0.2) is 47.4 Å². The number of hydrogen-bond donors (Lipinski definition) is 2. The molecule has 0 atom stereocenters. The number of hydrogen-bond acceptors (Lipinski definition) is 5. The van der Waals surface area contributed by atoms with E-state index in [-0.39, 0.29) is 28.5 Å². The number of fused-ring (bicyclic) bond motifs is 1. The van der Waals surface area contributed by atoms with Crippen molar-refractivity contribution in [3.05, 3.63) is 53.7 Å². The number of nitrogens with one attached hydrogen (secondary N) is 2. The second-order valence-electron chi connectivity index (χ2n) is 6.84. The molecular formula is C21H23N3O5S. The van der Waals surface area contributed by atoms with Gasteiger partial charge in [-0.3, -0.25) is 9.59 Å². The van der Waals surface area contributed by atoms with Gasteiger partial charge in [-0.15, -0.1) is 0 Å². The number of aromatic amines is 1. The molecule has 0 bridgehead atoms. The van der Waals surface area contributed by atoms with Gasteiger partial charge in [-0.25, -0.2) is 12.7 Å². The van der Waals surface area contributed by atoms with Gasteiger partial charge in [0.1, 0.15) is 10.6 Å². The lowest BCUT2D eigenvalue weighted by molar-refractivity contribution is -0.112. The number of ketones is 1. The molecule has 2 N–H and O–H groups in total. The highest BCUT2D eigenvalue weighted by Gasteiger charge is 2.26. The lowest BCUT2D eigenvalue weighted by atomic mass is 10.1. The summed E-state index contributed by atoms with van der Waals surface area (Å²) in [7, 11) is -1.02. The fourth-order valence-corrected chi connectivity index (χ4v) is 4.18. The third kappa shape index (κ3) is 3.94. The van der Waals surface area contributed by atoms with Gasteiger partial charge in [0.15, 0.2) is 0 Å². The summed E-state index contributed by atoms with van der Waals surface area (Å²) in [6.45, 7) is 3.74. The van der Waals surface area contributed by atoms with E-state index in [9.17, 15) is 18.0 Å². The molecule has 8 nitrogen and oxygen atoms in total. The first-order valence-electron chi connectivity index (χ1n) is 9.29. The lowest BCUT2D eigenvalue weighted by Crippen LogP contribution is -2.25. The quantitative estimate of drug-likeness (QED) is 0.443. The Morgan fingerprint density at radius 3 is 2.50 bits per heavy atom. The van der Waals surface area contributed by atoms with Crippen molar-refractivity contribution < 1.29 is 22.7 Å². The number of nitrogens with zero attached hydrogens (tertiary/aromatic N) is 1. The number of carbonyl (C=O) groups excluding carboxylic acids is 2. The maximum Gasteiger partial charge on any atom is 0.296 e. The van der Waals surface area contributed by atoms with E-state index in [1.54, 1.807) is 26.0 Å². The molecule has 0 saturated heterocycles. The van der Waals surface area contributed by atoms with Gasteiger partial charge in [0.2, 0.25) is 10.0 Å². The Morgan fingerprint density at radius 2 is 1.83 bits per heavy atom. The number of H-pyrrole nitrogens is 1. The smallest absolute Gasteiger partial charge is 0.296 e. The van der Waals surface area contributed by atoms with Gasteiger partial charge in [0.25, 0.3) is 11.7 Å². The van der Waals surface area contributed by atoms with Gasteiger partial charge in [0.05, 0.1) is 12.2 Å². The van der Waals surface area contributed by atoms with Crippen LogP contribution in [0.5, 0.6) is 5.75 Å². The van der Waals surface area contributed by atoms with Gasteiger partial charge in [-0.1, -0.05) is 18.2 Å². The van der Waals surface area contributed by atoms with E-state index >= 15 is 0 Å². The first kappa shape index (κ1) is 21.5. The molecule has 30 heavy (non-hydrogen) atoms. The predicted molar refractivity (Wildman–Crippen MR) is 114 cm³/mol. The molecule has 0 aliphatic rings. The molecule has 1 aromatic heterocycles. The van der Waals surface area contributed by atoms with E-state index in [0.29, 0.717) is 11.1 Å². The highest BCUT2D eigenvalue weighted by atomic mass is 32.2. The minimum Gasteiger partial charge on any atom is -0.492 e. The molecular weight excluding hydrogens is 406 g/mol. The van der Waals surface area contributed by atoms with E-state index < -0.39 is 21.7 Å². The molecule has 0 unspecified atom stereocenters. The van der Waals surface area contributed by atoms with Gasteiger partial charge in [-0.05, 0) is 38.1 Å². The minimum absolute atomic E-state index is 0.0946. The van der Waals surface area contributed by atoms with Crippen LogP contribution in [-0.2, 0) is 14.8 Å². The zero-order valence-corrected chi connectivity index (χ0v) is 18.0. The lowest BCUT2D eigenvalue weighted by Gasteiger charge is -2.16. The molecule has 1 amide bonds. The summed E-state index contributed by atoms with van der Waals surface area (Å²) in [6, 6.07) is 11.4. The zero-order chi connectivity index (χ0) is 22.1. The zero-order valence-electron chi connectivity index (χ0n) is 17.1. The maximum absolute atomic E-state index is 12.8. The number of ether oxygens (including phenoxy) is 1. The Labute approximate surface area is 174 Å². The summed E-state index contributed by atoms with van der Waals surface area (Å²) >= 11 is 0. The highest BCUT2D eigenvalue weighted by molar-refractivity contribution is 7.89. The first-order chi connectivity index (χ1) is 14.2. The monoisotopic (exact) mass is 429 g/mol. The van der Waals surface area contributed by atoms with E-state index in [1.807, 2.05) is 12.1 Å². The summed E-state index contributed by atoms with van der Waals surface area (Å²) in [5.74, 6) is -1.40. The molecule has 0 aliphatic carbocycles. The van der Waals surface area contributed by atoms with Crippen LogP contribution in [0.1, 0.15) is 23.0 Å². The van der Waals surface area contributed by atoms with E-state index in [4.69, 9.17) is 4.74 Å². The van der Waals surface area contributed by atoms with Gasteiger partial charge < -0.3 is 15.0 Å². The Hall–Kier alpha value is -3.17. The Bertz CT molecular complexity index is 1230. The van der Waals surface area contributed by atoms with E-state index in [2.05, 4.69) is 10.3 Å². The number of benzene rings is 2. The number of para-hydroxylation sites is 1. The molecule has 9 heteroatoms. The molecule has 0 fully saturated rings. The van der Waals surface area contributed by atoms with Crippen molar-refractivity contribution in [2.75, 3.05) is 26.0 Å². The third-order valence-electron chi connectivity index (χ3n) is 4.59. The van der Waals surface area contributed by atoms with Crippen LogP contribution in [0.2, 0.25) is 0 Å². The van der Waals surface area contributed by atoms with Gasteiger partial charge >= 0.3 is 0 Å². The Kier molecular flexibility index (Phi) is 5.95. The van der Waals surface area contributed by atoms with Crippen molar-refractivity contribution in [3.63, 3.8) is 0 Å².